The van der Waals surface area contributed by atoms with E-state index in [2.05, 4.69) is 34.0 Å². The normalized spacial score (nSPS) is 23.1. The average molecular weight is 422 g/mol. The van der Waals surface area contributed by atoms with E-state index in [-0.39, 0.29) is 11.2 Å². The van der Waals surface area contributed by atoms with Crippen LogP contribution in [0.25, 0.3) is 23.2 Å². The molecule has 1 fully saturated rings. The Labute approximate surface area is 181 Å². The molecule has 1 aliphatic carbocycles. The van der Waals surface area contributed by atoms with Crippen LogP contribution in [-0.2, 0) is 0 Å². The molecule has 0 saturated heterocycles. The molecular weight excluding hydrogens is 393 g/mol. The molecule has 7 heteroatoms. The van der Waals surface area contributed by atoms with Crippen molar-refractivity contribution in [1.82, 2.24) is 24.7 Å². The Morgan fingerprint density at radius 1 is 1.32 bits per heavy atom. The predicted octanol–water partition coefficient (Wildman–Crippen LogP) is 5.53. The maximum Gasteiger partial charge on any atom is 0.185 e. The van der Waals surface area contributed by atoms with Gasteiger partial charge in [0.1, 0.15) is 17.6 Å². The van der Waals surface area contributed by atoms with Crippen LogP contribution in [0.5, 0.6) is 5.75 Å². The molecule has 0 radical (unpaired) electrons. The number of aromatic hydroxyl groups is 1. The van der Waals surface area contributed by atoms with Crippen LogP contribution < -0.4 is 0 Å². The van der Waals surface area contributed by atoms with Gasteiger partial charge in [-0.3, -0.25) is 0 Å². The molecule has 4 rings (SSSR count). The Morgan fingerprint density at radius 2 is 2.19 bits per heavy atom. The summed E-state index contributed by atoms with van der Waals surface area (Å²) in [5.41, 5.74) is 2.72. The van der Waals surface area contributed by atoms with Crippen LogP contribution in [0.3, 0.4) is 0 Å². The van der Waals surface area contributed by atoms with Crippen molar-refractivity contribution in [1.29, 1.82) is 0 Å². The first kappa shape index (κ1) is 21.2. The SMILES string of the molecule is CCC[C@]1(C)CCC[C@@H](F)/C(=C/c2cnc(-c3ccc(-n4ccnc4)cc3O)nn2)C1. The van der Waals surface area contributed by atoms with Gasteiger partial charge in [0.15, 0.2) is 5.82 Å². The number of hydrogen-bond donors (Lipinski definition) is 1. The maximum absolute atomic E-state index is 14.8. The first-order valence-corrected chi connectivity index (χ1v) is 10.8. The summed E-state index contributed by atoms with van der Waals surface area (Å²) in [6, 6.07) is 5.23. The minimum Gasteiger partial charge on any atom is -0.507 e. The molecular formula is C24H28FN5O. The van der Waals surface area contributed by atoms with E-state index in [9.17, 15) is 9.50 Å². The third-order valence-electron chi connectivity index (χ3n) is 6.06. The van der Waals surface area contributed by atoms with E-state index in [0.717, 1.165) is 43.4 Å². The number of benzene rings is 1. The van der Waals surface area contributed by atoms with Crippen molar-refractivity contribution in [2.75, 3.05) is 0 Å². The van der Waals surface area contributed by atoms with Crippen molar-refractivity contribution < 1.29 is 9.50 Å². The Bertz CT molecular complexity index is 1050. The molecule has 0 unspecified atom stereocenters. The molecule has 0 amide bonds. The highest BCUT2D eigenvalue weighted by molar-refractivity contribution is 5.66. The molecule has 162 valence electrons. The summed E-state index contributed by atoms with van der Waals surface area (Å²) in [5.74, 6) is 0.382. The first-order chi connectivity index (χ1) is 15.0. The summed E-state index contributed by atoms with van der Waals surface area (Å²) in [5, 5.41) is 18.9. The lowest BCUT2D eigenvalue weighted by molar-refractivity contribution is 0.269. The number of aromatic nitrogens is 5. The van der Waals surface area contributed by atoms with E-state index in [0.29, 0.717) is 23.5 Å². The lowest BCUT2D eigenvalue weighted by Crippen LogP contribution is -2.16. The van der Waals surface area contributed by atoms with E-state index >= 15 is 0 Å². The van der Waals surface area contributed by atoms with Crippen molar-refractivity contribution in [3.63, 3.8) is 0 Å². The monoisotopic (exact) mass is 421 g/mol. The average Bonchev–Trinajstić information content (AvgIpc) is 3.24. The van der Waals surface area contributed by atoms with Gasteiger partial charge in [0.25, 0.3) is 0 Å². The van der Waals surface area contributed by atoms with Crippen LogP contribution >= 0.6 is 0 Å². The van der Waals surface area contributed by atoms with Gasteiger partial charge in [0, 0.05) is 18.5 Å². The van der Waals surface area contributed by atoms with Crippen molar-refractivity contribution in [2.24, 2.45) is 5.41 Å². The lowest BCUT2D eigenvalue weighted by atomic mass is 9.77. The minimum atomic E-state index is -0.945. The summed E-state index contributed by atoms with van der Waals surface area (Å²) >= 11 is 0. The van der Waals surface area contributed by atoms with Gasteiger partial charge in [-0.2, -0.15) is 0 Å². The second-order valence-corrected chi connectivity index (χ2v) is 8.69. The number of imidazole rings is 1. The van der Waals surface area contributed by atoms with Gasteiger partial charge in [-0.05, 0) is 61.3 Å². The molecule has 6 nitrogen and oxygen atoms in total. The molecule has 0 spiro atoms. The Balaban J connectivity index is 1.56. The summed E-state index contributed by atoms with van der Waals surface area (Å²) in [6.45, 7) is 4.43. The molecule has 1 aliphatic rings. The highest BCUT2D eigenvalue weighted by atomic mass is 19.1. The van der Waals surface area contributed by atoms with E-state index in [1.54, 1.807) is 47.7 Å². The summed E-state index contributed by atoms with van der Waals surface area (Å²) < 4.78 is 16.5. The van der Waals surface area contributed by atoms with Gasteiger partial charge in [-0.25, -0.2) is 14.4 Å². The van der Waals surface area contributed by atoms with Gasteiger partial charge in [-0.1, -0.05) is 20.3 Å². The van der Waals surface area contributed by atoms with E-state index < -0.39 is 6.17 Å². The molecule has 31 heavy (non-hydrogen) atoms. The fraction of sp³-hybridized carbons (Fsp3) is 0.417. The number of allylic oxidation sites excluding steroid dienone is 1. The first-order valence-electron chi connectivity index (χ1n) is 10.8. The highest BCUT2D eigenvalue weighted by Crippen LogP contribution is 2.42. The molecule has 0 aliphatic heterocycles. The minimum absolute atomic E-state index is 0.0574. The number of rotatable bonds is 5. The van der Waals surface area contributed by atoms with Crippen LogP contribution in [0.2, 0.25) is 0 Å². The number of halogens is 1. The van der Waals surface area contributed by atoms with Crippen molar-refractivity contribution in [2.45, 2.75) is 58.5 Å². The van der Waals surface area contributed by atoms with Gasteiger partial charge in [-0.15, -0.1) is 10.2 Å². The van der Waals surface area contributed by atoms with Crippen LogP contribution in [0, 0.1) is 5.41 Å². The van der Waals surface area contributed by atoms with E-state index in [1.165, 1.54) is 0 Å². The van der Waals surface area contributed by atoms with E-state index in [4.69, 9.17) is 0 Å². The van der Waals surface area contributed by atoms with Gasteiger partial charge in [0.05, 0.1) is 23.8 Å². The Hall–Kier alpha value is -3.09. The fourth-order valence-electron chi connectivity index (χ4n) is 4.49. The van der Waals surface area contributed by atoms with Gasteiger partial charge >= 0.3 is 0 Å². The fourth-order valence-corrected chi connectivity index (χ4v) is 4.49. The third-order valence-corrected chi connectivity index (χ3v) is 6.06. The second-order valence-electron chi connectivity index (χ2n) is 8.69. The standard InChI is InChI=1S/C24H28FN5O/c1-3-8-24(2)9-4-5-21(25)17(14-24)12-18-15-27-23(29-28-18)20-7-6-19(13-22(20)31)30-11-10-26-16-30/h6-7,10-13,15-16,21,31H,3-5,8-9,14H2,1-2H3/b17-12+/t21-,24-/m1/s1. The zero-order valence-corrected chi connectivity index (χ0v) is 18.0. The zero-order valence-electron chi connectivity index (χ0n) is 18.0. The van der Waals surface area contributed by atoms with Crippen molar-refractivity contribution in [3.05, 3.63) is 54.4 Å². The quantitative estimate of drug-likeness (QED) is 0.548. The number of phenols is 1. The molecule has 2 heterocycles. The van der Waals surface area contributed by atoms with E-state index in [1.807, 2.05) is 6.07 Å². The van der Waals surface area contributed by atoms with Crippen LogP contribution in [0.4, 0.5) is 4.39 Å². The summed E-state index contributed by atoms with van der Waals surface area (Å²) in [4.78, 5) is 8.38. The topological polar surface area (TPSA) is 76.7 Å². The molecule has 1 saturated carbocycles. The highest BCUT2D eigenvalue weighted by Gasteiger charge is 2.31. The van der Waals surface area contributed by atoms with Gasteiger partial charge < -0.3 is 9.67 Å². The third kappa shape index (κ3) is 4.81. The number of phenolic OH excluding ortho intramolecular Hbond substituents is 1. The Kier molecular flexibility index (Phi) is 6.11. The Morgan fingerprint density at radius 3 is 2.87 bits per heavy atom. The largest absolute Gasteiger partial charge is 0.507 e. The maximum atomic E-state index is 14.8. The van der Waals surface area contributed by atoms with Crippen LogP contribution in [0.15, 0.2) is 48.7 Å². The molecule has 2 atom stereocenters. The summed E-state index contributed by atoms with van der Waals surface area (Å²) in [7, 11) is 0. The second kappa shape index (κ2) is 8.96. The summed E-state index contributed by atoms with van der Waals surface area (Å²) in [6.07, 6.45) is 13.0. The predicted molar refractivity (Wildman–Crippen MR) is 118 cm³/mol. The smallest absolute Gasteiger partial charge is 0.185 e. The molecule has 3 aromatic rings. The molecule has 2 aromatic heterocycles. The number of alkyl halides is 1. The number of hydrogen-bond acceptors (Lipinski definition) is 5. The van der Waals surface area contributed by atoms with Crippen LogP contribution in [0.1, 0.15) is 58.1 Å². The van der Waals surface area contributed by atoms with Gasteiger partial charge in [0.2, 0.25) is 0 Å². The lowest BCUT2D eigenvalue weighted by Gasteiger charge is -2.28. The van der Waals surface area contributed by atoms with Crippen molar-refractivity contribution in [3.8, 4) is 22.8 Å². The number of nitrogens with zero attached hydrogens (tertiary/aromatic N) is 5. The molecule has 1 N–H and O–H groups in total. The van der Waals surface area contributed by atoms with Crippen LogP contribution in [-0.4, -0.2) is 36.0 Å². The molecule has 1 aromatic carbocycles. The molecule has 0 bridgehead atoms. The van der Waals surface area contributed by atoms with Crippen molar-refractivity contribution >= 4 is 6.08 Å². The zero-order chi connectivity index (χ0) is 21.8.